The Labute approximate surface area is 145 Å². The van der Waals surface area contributed by atoms with Gasteiger partial charge in [0, 0.05) is 30.1 Å². The van der Waals surface area contributed by atoms with Crippen LogP contribution < -0.4 is 0 Å². The van der Waals surface area contributed by atoms with Crippen LogP contribution in [0.3, 0.4) is 0 Å². The van der Waals surface area contributed by atoms with Gasteiger partial charge in [0.1, 0.15) is 11.8 Å². The maximum Gasteiger partial charge on any atom is 0.272 e. The van der Waals surface area contributed by atoms with Crippen molar-refractivity contribution in [3.63, 3.8) is 0 Å². The van der Waals surface area contributed by atoms with Gasteiger partial charge in [-0.2, -0.15) is 5.26 Å². The van der Waals surface area contributed by atoms with E-state index >= 15 is 0 Å². The summed E-state index contributed by atoms with van der Waals surface area (Å²) in [5, 5.41) is 9.78. The van der Waals surface area contributed by atoms with Gasteiger partial charge in [-0.15, -0.1) is 0 Å². The van der Waals surface area contributed by atoms with Crippen LogP contribution in [0.15, 0.2) is 29.1 Å². The molecule has 0 aromatic carbocycles. The molecular weight excluding hydrogens is 324 g/mol. The summed E-state index contributed by atoms with van der Waals surface area (Å²) in [4.78, 5) is 34.8. The Morgan fingerprint density at radius 3 is 2.75 bits per heavy atom. The Bertz CT molecular complexity index is 788. The number of hydrogen-bond acceptors (Lipinski definition) is 6. The van der Waals surface area contributed by atoms with Gasteiger partial charge in [-0.25, -0.2) is 9.97 Å². The van der Waals surface area contributed by atoms with Crippen molar-refractivity contribution in [2.75, 3.05) is 19.3 Å². The number of allylic oxidation sites excluding steroid dienone is 1. The molecule has 7 heteroatoms. The lowest BCUT2D eigenvalue weighted by Crippen LogP contribution is -2.61. The number of likely N-dealkylation sites (tertiary alicyclic amines) is 1. The fourth-order valence-electron chi connectivity index (χ4n) is 3.61. The first-order valence-corrected chi connectivity index (χ1v) is 8.87. The summed E-state index contributed by atoms with van der Waals surface area (Å²) in [5.74, 6) is -0.249. The van der Waals surface area contributed by atoms with E-state index in [1.54, 1.807) is 23.2 Å². The number of nitrogens with zero attached hydrogens (tertiary/aromatic N) is 4. The molecule has 1 aromatic rings. The summed E-state index contributed by atoms with van der Waals surface area (Å²) < 4.78 is 0. The average molecular weight is 342 g/mol. The van der Waals surface area contributed by atoms with Crippen molar-refractivity contribution in [2.24, 2.45) is 10.8 Å². The Kier molecular flexibility index (Phi) is 3.96. The number of aromatic nitrogens is 2. The number of hydrogen-bond donors (Lipinski definition) is 0. The fourth-order valence-corrected chi connectivity index (χ4v) is 3.97. The van der Waals surface area contributed by atoms with Crippen molar-refractivity contribution < 1.29 is 9.59 Å². The van der Waals surface area contributed by atoms with Gasteiger partial charge in [0.05, 0.1) is 5.57 Å². The second kappa shape index (κ2) is 5.71. The van der Waals surface area contributed by atoms with E-state index in [1.807, 2.05) is 26.2 Å². The SMILES string of the molecule is CSc1nccc(C(=O)N2CC3(C=C(C#N)C(=O)C(C)(C)C3)C2)n1. The lowest BCUT2D eigenvalue weighted by atomic mass is 9.61. The molecule has 1 aliphatic carbocycles. The molecule has 1 aliphatic heterocycles. The third kappa shape index (κ3) is 2.71. The fraction of sp³-hybridized carbons (Fsp3) is 0.471. The normalized spacial score (nSPS) is 21.0. The first-order chi connectivity index (χ1) is 11.3. The third-order valence-corrected chi connectivity index (χ3v) is 5.12. The highest BCUT2D eigenvalue weighted by Gasteiger charge is 2.52. The average Bonchev–Trinajstić information content (AvgIpc) is 2.54. The van der Waals surface area contributed by atoms with Crippen LogP contribution in [0.2, 0.25) is 0 Å². The summed E-state index contributed by atoms with van der Waals surface area (Å²) in [5.41, 5.74) is -0.270. The standard InChI is InChI=1S/C17H18N4O2S/c1-16(2)8-17(6-11(7-18)13(16)22)9-21(10-17)14(23)12-4-5-19-15(20-12)24-3/h4-6H,8-10H2,1-3H3. The summed E-state index contributed by atoms with van der Waals surface area (Å²) in [6, 6.07) is 3.62. The van der Waals surface area contributed by atoms with E-state index in [1.165, 1.54) is 11.8 Å². The van der Waals surface area contributed by atoms with Gasteiger partial charge in [-0.1, -0.05) is 31.7 Å². The molecule has 0 radical (unpaired) electrons. The van der Waals surface area contributed by atoms with Gasteiger partial charge in [-0.05, 0) is 18.7 Å². The van der Waals surface area contributed by atoms with Gasteiger partial charge >= 0.3 is 0 Å². The van der Waals surface area contributed by atoms with Crippen LogP contribution >= 0.6 is 11.8 Å². The van der Waals surface area contributed by atoms with Gasteiger partial charge < -0.3 is 4.90 Å². The predicted molar refractivity (Wildman–Crippen MR) is 89.3 cm³/mol. The molecule has 2 heterocycles. The summed E-state index contributed by atoms with van der Waals surface area (Å²) in [6.07, 6.45) is 5.85. The number of carbonyl (C=O) groups is 2. The topological polar surface area (TPSA) is 87.0 Å². The summed E-state index contributed by atoms with van der Waals surface area (Å²) in [6.45, 7) is 4.74. The van der Waals surface area contributed by atoms with Crippen molar-refractivity contribution in [1.82, 2.24) is 14.9 Å². The van der Waals surface area contributed by atoms with Crippen molar-refractivity contribution in [2.45, 2.75) is 25.4 Å². The lowest BCUT2D eigenvalue weighted by molar-refractivity contribution is -0.127. The first-order valence-electron chi connectivity index (χ1n) is 7.64. The number of ketones is 1. The Hall–Kier alpha value is -2.20. The van der Waals surface area contributed by atoms with Gasteiger partial charge in [-0.3, -0.25) is 9.59 Å². The molecule has 0 bridgehead atoms. The van der Waals surface area contributed by atoms with Crippen LogP contribution in [0.1, 0.15) is 30.8 Å². The molecule has 1 saturated heterocycles. The van der Waals surface area contributed by atoms with Crippen LogP contribution in [0.5, 0.6) is 0 Å². The molecule has 0 saturated carbocycles. The van der Waals surface area contributed by atoms with Crippen molar-refractivity contribution >= 4 is 23.5 Å². The number of carbonyl (C=O) groups excluding carboxylic acids is 2. The molecule has 1 spiro atoms. The zero-order chi connectivity index (χ0) is 17.5. The molecule has 24 heavy (non-hydrogen) atoms. The van der Waals surface area contributed by atoms with Crippen LogP contribution in [-0.4, -0.2) is 45.9 Å². The number of rotatable bonds is 2. The number of amides is 1. The molecule has 0 unspecified atom stereocenters. The van der Waals surface area contributed by atoms with E-state index in [0.29, 0.717) is 30.4 Å². The Morgan fingerprint density at radius 2 is 2.12 bits per heavy atom. The van der Waals surface area contributed by atoms with Gasteiger partial charge in [0.15, 0.2) is 10.9 Å². The second-order valence-electron chi connectivity index (χ2n) is 7.01. The molecule has 1 aromatic heterocycles. The van der Waals surface area contributed by atoms with E-state index in [0.717, 1.165) is 0 Å². The van der Waals surface area contributed by atoms with E-state index in [9.17, 15) is 14.9 Å². The monoisotopic (exact) mass is 342 g/mol. The zero-order valence-corrected chi connectivity index (χ0v) is 14.7. The second-order valence-corrected chi connectivity index (χ2v) is 7.79. The van der Waals surface area contributed by atoms with Crippen LogP contribution in [0.4, 0.5) is 0 Å². The molecule has 1 amide bonds. The highest BCUT2D eigenvalue weighted by molar-refractivity contribution is 7.98. The summed E-state index contributed by atoms with van der Waals surface area (Å²) in [7, 11) is 0. The van der Waals surface area contributed by atoms with E-state index in [-0.39, 0.29) is 22.7 Å². The number of nitriles is 1. The minimum atomic E-state index is -0.574. The molecule has 6 nitrogen and oxygen atoms in total. The lowest BCUT2D eigenvalue weighted by Gasteiger charge is -2.53. The van der Waals surface area contributed by atoms with E-state index in [2.05, 4.69) is 9.97 Å². The predicted octanol–water partition coefficient (Wildman–Crippen LogP) is 2.09. The van der Waals surface area contributed by atoms with Gasteiger partial charge in [0.2, 0.25) is 0 Å². The van der Waals surface area contributed by atoms with Crippen LogP contribution in [0.25, 0.3) is 0 Å². The molecule has 1 fully saturated rings. The molecule has 0 atom stereocenters. The first kappa shape index (κ1) is 16.7. The van der Waals surface area contributed by atoms with Crippen molar-refractivity contribution in [1.29, 1.82) is 5.26 Å². The molecule has 2 aliphatic rings. The third-order valence-electron chi connectivity index (χ3n) is 4.56. The smallest absolute Gasteiger partial charge is 0.272 e. The molecule has 0 N–H and O–H groups in total. The minimum Gasteiger partial charge on any atom is -0.335 e. The van der Waals surface area contributed by atoms with E-state index in [4.69, 9.17) is 0 Å². The van der Waals surface area contributed by atoms with Crippen LogP contribution in [-0.2, 0) is 4.79 Å². The molecular formula is C17H18N4O2S. The summed E-state index contributed by atoms with van der Waals surface area (Å²) >= 11 is 1.39. The van der Waals surface area contributed by atoms with Crippen molar-refractivity contribution in [3.8, 4) is 6.07 Å². The number of Topliss-reactive ketones (excluding diaryl/α,β-unsaturated/α-hetero) is 1. The minimum absolute atomic E-state index is 0.110. The number of thioether (sulfide) groups is 1. The molecule has 124 valence electrons. The highest BCUT2D eigenvalue weighted by atomic mass is 32.2. The van der Waals surface area contributed by atoms with Crippen molar-refractivity contribution in [3.05, 3.63) is 29.6 Å². The van der Waals surface area contributed by atoms with Crippen LogP contribution in [0, 0.1) is 22.2 Å². The largest absolute Gasteiger partial charge is 0.335 e. The molecule has 3 rings (SSSR count). The van der Waals surface area contributed by atoms with E-state index < -0.39 is 5.41 Å². The Morgan fingerprint density at radius 1 is 1.42 bits per heavy atom. The quantitative estimate of drug-likeness (QED) is 0.604. The van der Waals surface area contributed by atoms with Gasteiger partial charge in [0.25, 0.3) is 5.91 Å². The highest BCUT2D eigenvalue weighted by Crippen LogP contribution is 2.48. The zero-order valence-electron chi connectivity index (χ0n) is 13.9. The Balaban J connectivity index is 1.79. The maximum absolute atomic E-state index is 12.6. The maximum atomic E-state index is 12.6.